The van der Waals surface area contributed by atoms with Crippen LogP contribution in [0.2, 0.25) is 0 Å². The van der Waals surface area contributed by atoms with Gasteiger partial charge in [0.25, 0.3) is 10.1 Å². The van der Waals surface area contributed by atoms with E-state index in [2.05, 4.69) is 10.3 Å². The average Bonchev–Trinajstić information content (AvgIpc) is 3.50. The Hall–Kier alpha value is -4.52. The predicted octanol–water partition coefficient (Wildman–Crippen LogP) is 3.44. The SMILES string of the molecule is N#Cc1ccc(CCNC(=O)[C@@H]2CCCN2c2cc(-c3ccc(COCC(=O)NCS(=O)(=O)O)cc3)cc(C(F)(F)F)n2)cc1. The molecule has 1 atom stereocenters. The van der Waals surface area contributed by atoms with Crippen LogP contribution in [-0.4, -0.2) is 61.4 Å². The molecule has 1 aliphatic rings. The molecule has 238 valence electrons. The van der Waals surface area contributed by atoms with Gasteiger partial charge in [-0.25, -0.2) is 4.98 Å². The Morgan fingerprint density at radius 2 is 1.73 bits per heavy atom. The van der Waals surface area contributed by atoms with E-state index in [-0.39, 0.29) is 23.9 Å². The van der Waals surface area contributed by atoms with Gasteiger partial charge in [-0.15, -0.1) is 0 Å². The molecule has 45 heavy (non-hydrogen) atoms. The molecular formula is C30H30F3N5O6S. The lowest BCUT2D eigenvalue weighted by atomic mass is 10.0. The molecule has 3 N–H and O–H groups in total. The van der Waals surface area contributed by atoms with E-state index in [0.29, 0.717) is 49.0 Å². The summed E-state index contributed by atoms with van der Waals surface area (Å²) in [5, 5.41) is 13.8. The van der Waals surface area contributed by atoms with Gasteiger partial charge in [0.1, 0.15) is 30.0 Å². The number of carbonyl (C=O) groups is 2. The number of hydrogen-bond acceptors (Lipinski definition) is 8. The van der Waals surface area contributed by atoms with E-state index in [9.17, 15) is 31.2 Å². The third-order valence-electron chi connectivity index (χ3n) is 6.99. The highest BCUT2D eigenvalue weighted by molar-refractivity contribution is 7.85. The highest BCUT2D eigenvalue weighted by atomic mass is 32.2. The van der Waals surface area contributed by atoms with Crippen molar-refractivity contribution in [3.63, 3.8) is 0 Å². The number of hydrogen-bond donors (Lipinski definition) is 3. The maximum atomic E-state index is 13.9. The summed E-state index contributed by atoms with van der Waals surface area (Å²) in [6, 6.07) is 17.2. The molecule has 2 aromatic carbocycles. The summed E-state index contributed by atoms with van der Waals surface area (Å²) < 4.78 is 77.0. The van der Waals surface area contributed by atoms with Crippen LogP contribution in [0, 0.1) is 11.3 Å². The first-order chi connectivity index (χ1) is 21.3. The number of amides is 2. The molecule has 1 aromatic heterocycles. The van der Waals surface area contributed by atoms with Crippen LogP contribution in [0.15, 0.2) is 60.7 Å². The lowest BCUT2D eigenvalue weighted by molar-refractivity contribution is -0.141. The molecule has 3 aromatic rings. The molecule has 0 saturated carbocycles. The summed E-state index contributed by atoms with van der Waals surface area (Å²) in [6.07, 6.45) is -3.15. The van der Waals surface area contributed by atoms with Gasteiger partial charge in [0.15, 0.2) is 0 Å². The van der Waals surface area contributed by atoms with Gasteiger partial charge in [-0.2, -0.15) is 26.9 Å². The topological polar surface area (TPSA) is 162 Å². The Kier molecular flexibility index (Phi) is 10.8. The molecule has 0 radical (unpaired) electrons. The second-order valence-corrected chi connectivity index (χ2v) is 11.8. The number of carbonyl (C=O) groups excluding carboxylic acids is 2. The first-order valence-electron chi connectivity index (χ1n) is 13.8. The minimum atomic E-state index is -4.73. The third kappa shape index (κ3) is 9.73. The molecule has 4 rings (SSSR count). The summed E-state index contributed by atoms with van der Waals surface area (Å²) in [4.78, 5) is 30.2. The number of ether oxygens (including phenoxy) is 1. The molecule has 0 unspecified atom stereocenters. The van der Waals surface area contributed by atoms with Gasteiger partial charge in [-0.3, -0.25) is 14.1 Å². The Balaban J connectivity index is 1.43. The highest BCUT2D eigenvalue weighted by Crippen LogP contribution is 2.35. The Bertz CT molecular complexity index is 1660. The van der Waals surface area contributed by atoms with Gasteiger partial charge in [0.05, 0.1) is 18.2 Å². The number of anilines is 1. The number of halogens is 3. The van der Waals surface area contributed by atoms with Crippen molar-refractivity contribution in [1.29, 1.82) is 5.26 Å². The number of nitrogens with one attached hydrogen (secondary N) is 2. The molecule has 1 aliphatic heterocycles. The number of nitrogens with zero attached hydrogens (tertiary/aromatic N) is 3. The summed E-state index contributed by atoms with van der Waals surface area (Å²) in [6.45, 7) is 0.169. The molecule has 0 spiro atoms. The second kappa shape index (κ2) is 14.5. The Labute approximate surface area is 257 Å². The number of rotatable bonds is 12. The zero-order valence-electron chi connectivity index (χ0n) is 23.9. The molecular weight excluding hydrogens is 615 g/mol. The van der Waals surface area contributed by atoms with Crippen molar-refractivity contribution in [3.05, 3.63) is 83.0 Å². The number of benzene rings is 2. The van der Waals surface area contributed by atoms with Crippen molar-refractivity contribution >= 4 is 27.8 Å². The minimum absolute atomic E-state index is 0.0351. The second-order valence-electron chi connectivity index (χ2n) is 10.3. The van der Waals surface area contributed by atoms with Crippen LogP contribution in [0.3, 0.4) is 0 Å². The molecule has 2 amide bonds. The van der Waals surface area contributed by atoms with Crippen LogP contribution in [0.1, 0.15) is 35.2 Å². The molecule has 15 heteroatoms. The monoisotopic (exact) mass is 645 g/mol. The molecule has 11 nitrogen and oxygen atoms in total. The van der Waals surface area contributed by atoms with Crippen LogP contribution >= 0.6 is 0 Å². The largest absolute Gasteiger partial charge is 0.433 e. The highest BCUT2D eigenvalue weighted by Gasteiger charge is 2.36. The maximum Gasteiger partial charge on any atom is 0.433 e. The van der Waals surface area contributed by atoms with Crippen molar-refractivity contribution in [3.8, 4) is 17.2 Å². The van der Waals surface area contributed by atoms with Crippen LogP contribution in [0.5, 0.6) is 0 Å². The van der Waals surface area contributed by atoms with E-state index in [1.807, 2.05) is 11.4 Å². The molecule has 1 fully saturated rings. The smallest absolute Gasteiger partial charge is 0.367 e. The van der Waals surface area contributed by atoms with E-state index >= 15 is 0 Å². The fraction of sp³-hybridized carbons (Fsp3) is 0.333. The van der Waals surface area contributed by atoms with Crippen LogP contribution in [-0.2, 0) is 43.6 Å². The molecule has 2 heterocycles. The number of pyridine rings is 1. The fourth-order valence-electron chi connectivity index (χ4n) is 4.76. The molecule has 0 aliphatic carbocycles. The first-order valence-corrected chi connectivity index (χ1v) is 15.4. The zero-order chi connectivity index (χ0) is 32.6. The molecule has 0 bridgehead atoms. The number of aromatic nitrogens is 1. The van der Waals surface area contributed by atoms with Gasteiger partial charge in [-0.1, -0.05) is 36.4 Å². The lowest BCUT2D eigenvalue weighted by Gasteiger charge is -2.26. The number of alkyl halides is 3. The average molecular weight is 646 g/mol. The summed E-state index contributed by atoms with van der Waals surface area (Å²) in [5.41, 5.74) is 1.67. The fourth-order valence-corrected chi connectivity index (χ4v) is 5.10. The summed E-state index contributed by atoms with van der Waals surface area (Å²) in [7, 11) is -4.36. The van der Waals surface area contributed by atoms with Crippen LogP contribution in [0.4, 0.5) is 19.0 Å². The van der Waals surface area contributed by atoms with Crippen molar-refractivity contribution in [2.24, 2.45) is 0 Å². The van der Waals surface area contributed by atoms with Gasteiger partial charge in [0, 0.05) is 13.1 Å². The van der Waals surface area contributed by atoms with Crippen LogP contribution < -0.4 is 15.5 Å². The van der Waals surface area contributed by atoms with Crippen molar-refractivity contribution in [2.75, 3.05) is 30.5 Å². The summed E-state index contributed by atoms with van der Waals surface area (Å²) in [5.74, 6) is -1.97. The standard InChI is InChI=1S/C30H30F3N5O6S/c31-30(32,33)26-14-24(23-9-7-22(8-10-23)17-44-18-28(39)36-19-45(41,42)43)15-27(37-26)38-13-1-2-25(38)29(40)35-12-11-20-3-5-21(16-34)6-4-20/h3-10,14-15,25H,1-2,11-13,17-19H2,(H,35,40)(H,36,39)(H,41,42,43)/t25-/m0/s1. The summed E-state index contributed by atoms with van der Waals surface area (Å²) >= 11 is 0. The minimum Gasteiger partial charge on any atom is -0.367 e. The van der Waals surface area contributed by atoms with Gasteiger partial charge >= 0.3 is 6.18 Å². The third-order valence-corrected chi connectivity index (χ3v) is 7.50. The predicted molar refractivity (Wildman–Crippen MR) is 157 cm³/mol. The van der Waals surface area contributed by atoms with Crippen molar-refractivity contribution < 1.29 is 40.5 Å². The normalized spacial score (nSPS) is 15.0. The number of nitriles is 1. The Morgan fingerprint density at radius 1 is 1.04 bits per heavy atom. The van der Waals surface area contributed by atoms with E-state index in [1.165, 1.54) is 6.07 Å². The van der Waals surface area contributed by atoms with Gasteiger partial charge < -0.3 is 20.3 Å². The van der Waals surface area contributed by atoms with Gasteiger partial charge in [0.2, 0.25) is 11.8 Å². The van der Waals surface area contributed by atoms with Crippen molar-refractivity contribution in [1.82, 2.24) is 15.6 Å². The lowest BCUT2D eigenvalue weighted by Crippen LogP contribution is -2.44. The van der Waals surface area contributed by atoms with Crippen molar-refractivity contribution in [2.45, 2.75) is 38.1 Å². The Morgan fingerprint density at radius 3 is 2.38 bits per heavy atom. The maximum absolute atomic E-state index is 13.9. The van der Waals surface area contributed by atoms with Gasteiger partial charge in [-0.05, 0) is 65.8 Å². The van der Waals surface area contributed by atoms with E-state index in [4.69, 9.17) is 14.6 Å². The molecule has 1 saturated heterocycles. The van der Waals surface area contributed by atoms with E-state index in [0.717, 1.165) is 11.6 Å². The first kappa shape index (κ1) is 33.4. The zero-order valence-corrected chi connectivity index (χ0v) is 24.7. The van der Waals surface area contributed by atoms with E-state index in [1.54, 1.807) is 53.4 Å². The van der Waals surface area contributed by atoms with Crippen LogP contribution in [0.25, 0.3) is 11.1 Å². The quantitative estimate of drug-likeness (QED) is 0.251. The van der Waals surface area contributed by atoms with E-state index < -0.39 is 46.4 Å².